The van der Waals surface area contributed by atoms with E-state index in [2.05, 4.69) is 25.6 Å². The fourth-order valence-corrected chi connectivity index (χ4v) is 2.66. The van der Waals surface area contributed by atoms with E-state index in [4.69, 9.17) is 10.3 Å². The molecule has 1 aromatic carbocycles. The maximum atomic E-state index is 11.7. The lowest BCUT2D eigenvalue weighted by molar-refractivity contribution is 0.564. The summed E-state index contributed by atoms with van der Waals surface area (Å²) in [7, 11) is 0. The van der Waals surface area contributed by atoms with E-state index in [1.165, 1.54) is 12.1 Å². The number of hydrogen-bond donors (Lipinski definition) is 5. The average Bonchev–Trinajstić information content (AvgIpc) is 2.57. The molecular weight excluding hydrogens is 344 g/mol. The molecule has 0 aliphatic heterocycles. The Morgan fingerprint density at radius 1 is 1.36 bits per heavy atom. The second-order valence-corrected chi connectivity index (χ2v) is 6.25. The van der Waals surface area contributed by atoms with Gasteiger partial charge in [0.15, 0.2) is 11.1 Å². The predicted molar refractivity (Wildman–Crippen MR) is 94.9 cm³/mol. The molecule has 1 aromatic heterocycles. The molecule has 3 rings (SSSR count). The Hall–Kier alpha value is -2.98. The molecule has 0 saturated carbocycles. The van der Waals surface area contributed by atoms with Crippen molar-refractivity contribution < 1.29 is 8.76 Å². The summed E-state index contributed by atoms with van der Waals surface area (Å²) in [5, 5.41) is 5.92. The van der Waals surface area contributed by atoms with Crippen molar-refractivity contribution >= 4 is 28.7 Å². The maximum Gasteiger partial charge on any atom is 0.351 e. The molecule has 0 bridgehead atoms. The van der Waals surface area contributed by atoms with Crippen LogP contribution in [0.1, 0.15) is 6.42 Å². The standard InChI is InChI=1S/C15H16N6O3S/c16-9-4-6-10(7-5-9)17-13-19-14(21-15(22)20-13)18-11-2-1-3-12(8-11)25(23)24/h1-6,8,10H,7,16H2,(H,23,24)(H3,17,18,19,20,21,22). The van der Waals surface area contributed by atoms with Gasteiger partial charge in [0.1, 0.15) is 0 Å². The molecule has 2 unspecified atom stereocenters. The molecule has 10 heteroatoms. The number of aromatic amines is 1. The van der Waals surface area contributed by atoms with E-state index in [0.29, 0.717) is 17.8 Å². The highest BCUT2D eigenvalue weighted by atomic mass is 32.2. The summed E-state index contributed by atoms with van der Waals surface area (Å²) in [5.74, 6) is 0.329. The molecule has 0 amide bonds. The molecule has 2 aromatic rings. The highest BCUT2D eigenvalue weighted by Crippen LogP contribution is 2.17. The van der Waals surface area contributed by atoms with Gasteiger partial charge >= 0.3 is 5.69 Å². The van der Waals surface area contributed by atoms with Crippen LogP contribution in [-0.2, 0) is 11.1 Å². The lowest BCUT2D eigenvalue weighted by atomic mass is 10.1. The highest BCUT2D eigenvalue weighted by Gasteiger charge is 2.11. The second kappa shape index (κ2) is 7.28. The van der Waals surface area contributed by atoms with Crippen molar-refractivity contribution in [3.63, 3.8) is 0 Å². The molecule has 0 saturated heterocycles. The molecule has 130 valence electrons. The Kier molecular flexibility index (Phi) is 4.91. The normalized spacial score (nSPS) is 17.6. The van der Waals surface area contributed by atoms with Crippen molar-refractivity contribution in [2.45, 2.75) is 17.4 Å². The third kappa shape index (κ3) is 4.52. The Labute approximate surface area is 145 Å². The number of H-pyrrole nitrogens is 1. The molecule has 0 spiro atoms. The van der Waals surface area contributed by atoms with Gasteiger partial charge in [-0.15, -0.1) is 0 Å². The fourth-order valence-electron chi connectivity index (χ4n) is 2.24. The van der Waals surface area contributed by atoms with Crippen LogP contribution in [0.2, 0.25) is 0 Å². The third-order valence-corrected chi connectivity index (χ3v) is 4.05. The number of benzene rings is 1. The number of nitrogens with zero attached hydrogens (tertiary/aromatic N) is 2. The molecule has 9 nitrogen and oxygen atoms in total. The van der Waals surface area contributed by atoms with Crippen LogP contribution in [0, 0.1) is 0 Å². The van der Waals surface area contributed by atoms with Gasteiger partial charge < -0.3 is 20.9 Å². The maximum absolute atomic E-state index is 11.7. The van der Waals surface area contributed by atoms with Gasteiger partial charge in [0.05, 0.1) is 10.9 Å². The molecule has 0 radical (unpaired) electrons. The zero-order chi connectivity index (χ0) is 17.8. The lowest BCUT2D eigenvalue weighted by Crippen LogP contribution is -2.24. The fraction of sp³-hybridized carbons (Fsp3) is 0.133. The minimum absolute atomic E-state index is 0.0675. The van der Waals surface area contributed by atoms with E-state index < -0.39 is 16.8 Å². The Balaban J connectivity index is 1.78. The first kappa shape index (κ1) is 16.9. The number of rotatable bonds is 5. The van der Waals surface area contributed by atoms with Crippen LogP contribution in [0.15, 0.2) is 57.9 Å². The lowest BCUT2D eigenvalue weighted by Gasteiger charge is -2.16. The Bertz CT molecular complexity index is 923. The number of nitrogens with one attached hydrogen (secondary N) is 3. The Morgan fingerprint density at radius 3 is 2.92 bits per heavy atom. The molecule has 0 fully saturated rings. The highest BCUT2D eigenvalue weighted by molar-refractivity contribution is 7.79. The summed E-state index contributed by atoms with van der Waals surface area (Å²) in [6.07, 6.45) is 6.16. The van der Waals surface area contributed by atoms with E-state index >= 15 is 0 Å². The van der Waals surface area contributed by atoms with Crippen molar-refractivity contribution in [1.29, 1.82) is 0 Å². The van der Waals surface area contributed by atoms with Crippen molar-refractivity contribution in [3.05, 3.63) is 58.7 Å². The van der Waals surface area contributed by atoms with Crippen LogP contribution in [0.25, 0.3) is 0 Å². The average molecular weight is 360 g/mol. The summed E-state index contributed by atoms with van der Waals surface area (Å²) in [4.78, 5) is 22.4. The van der Waals surface area contributed by atoms with E-state index in [-0.39, 0.29) is 22.8 Å². The van der Waals surface area contributed by atoms with Crippen molar-refractivity contribution in [2.75, 3.05) is 10.6 Å². The summed E-state index contributed by atoms with van der Waals surface area (Å²) < 4.78 is 20.3. The number of nitrogens with two attached hydrogens (primary N) is 1. The van der Waals surface area contributed by atoms with E-state index in [9.17, 15) is 9.00 Å². The Morgan fingerprint density at radius 2 is 2.20 bits per heavy atom. The third-order valence-electron chi connectivity index (χ3n) is 3.39. The quantitative estimate of drug-likeness (QED) is 0.498. The summed E-state index contributed by atoms with van der Waals surface area (Å²) >= 11 is -2.09. The summed E-state index contributed by atoms with van der Waals surface area (Å²) in [6.45, 7) is 0. The van der Waals surface area contributed by atoms with Crippen LogP contribution < -0.4 is 22.1 Å². The van der Waals surface area contributed by atoms with E-state index in [1.54, 1.807) is 18.2 Å². The van der Waals surface area contributed by atoms with Crippen LogP contribution in [-0.4, -0.2) is 29.8 Å². The molecule has 25 heavy (non-hydrogen) atoms. The molecule has 6 N–H and O–H groups in total. The van der Waals surface area contributed by atoms with Gasteiger partial charge in [-0.2, -0.15) is 9.97 Å². The van der Waals surface area contributed by atoms with Crippen molar-refractivity contribution in [3.8, 4) is 0 Å². The summed E-state index contributed by atoms with van der Waals surface area (Å²) in [6, 6.07) is 6.24. The zero-order valence-electron chi connectivity index (χ0n) is 13.0. The predicted octanol–water partition coefficient (Wildman–Crippen LogP) is 1.07. The number of allylic oxidation sites excluding steroid dienone is 1. The van der Waals surface area contributed by atoms with Crippen LogP contribution in [0.3, 0.4) is 0 Å². The number of hydrogen-bond acceptors (Lipinski definition) is 7. The monoisotopic (exact) mass is 360 g/mol. The first-order chi connectivity index (χ1) is 12.0. The van der Waals surface area contributed by atoms with Gasteiger partial charge in [-0.1, -0.05) is 18.2 Å². The van der Waals surface area contributed by atoms with Crippen LogP contribution >= 0.6 is 0 Å². The van der Waals surface area contributed by atoms with Gasteiger partial charge in [-0.25, -0.2) is 9.00 Å². The molecule has 2 atom stereocenters. The first-order valence-electron chi connectivity index (χ1n) is 7.36. The minimum atomic E-state index is -2.09. The largest absolute Gasteiger partial charge is 0.399 e. The van der Waals surface area contributed by atoms with Gasteiger partial charge in [0.2, 0.25) is 11.9 Å². The minimum Gasteiger partial charge on any atom is -0.399 e. The molecule has 1 aliphatic carbocycles. The van der Waals surface area contributed by atoms with Crippen LogP contribution in [0.4, 0.5) is 17.6 Å². The SMILES string of the molecule is NC1=CCC(Nc2nc(Nc3cccc(S(=O)O)c3)[nH]c(=O)n2)C=C1. The van der Waals surface area contributed by atoms with Crippen molar-refractivity contribution in [1.82, 2.24) is 15.0 Å². The number of aromatic nitrogens is 3. The van der Waals surface area contributed by atoms with Gasteiger partial charge in [-0.3, -0.25) is 4.98 Å². The van der Waals surface area contributed by atoms with Crippen LogP contribution in [0.5, 0.6) is 0 Å². The first-order valence-corrected chi connectivity index (χ1v) is 8.47. The zero-order valence-corrected chi connectivity index (χ0v) is 13.8. The van der Waals surface area contributed by atoms with Gasteiger partial charge in [0, 0.05) is 11.4 Å². The summed E-state index contributed by atoms with van der Waals surface area (Å²) in [5.41, 5.74) is 6.29. The second-order valence-electron chi connectivity index (χ2n) is 5.28. The van der Waals surface area contributed by atoms with Crippen molar-refractivity contribution in [2.24, 2.45) is 5.73 Å². The molecular formula is C15H16N6O3S. The van der Waals surface area contributed by atoms with E-state index in [1.807, 2.05) is 12.2 Å². The smallest absolute Gasteiger partial charge is 0.351 e. The number of anilines is 3. The van der Waals surface area contributed by atoms with Gasteiger partial charge in [-0.05, 0) is 30.7 Å². The topological polar surface area (TPSA) is 146 Å². The van der Waals surface area contributed by atoms with Gasteiger partial charge in [0.25, 0.3) is 0 Å². The molecule has 1 heterocycles. The molecule has 1 aliphatic rings. The van der Waals surface area contributed by atoms with E-state index in [0.717, 1.165) is 0 Å².